The van der Waals surface area contributed by atoms with Crippen LogP contribution in [0.15, 0.2) is 43.7 Å². The Morgan fingerprint density at radius 3 is 1.33 bits per heavy atom. The molecule has 2 aliphatic rings. The van der Waals surface area contributed by atoms with Gasteiger partial charge >= 0.3 is 16.8 Å². The summed E-state index contributed by atoms with van der Waals surface area (Å²) in [5.41, 5.74) is 14.5. The van der Waals surface area contributed by atoms with Gasteiger partial charge in [0.25, 0.3) is 0 Å². The zero-order chi connectivity index (χ0) is 24.0. The molecular weight excluding hydrogens is 455 g/mol. The van der Waals surface area contributed by atoms with Crippen LogP contribution in [0.25, 0.3) is 12.2 Å². The first kappa shape index (κ1) is 28.4. The van der Waals surface area contributed by atoms with Gasteiger partial charge in [0, 0.05) is 17.7 Å². The molecule has 0 aromatic carbocycles. The molecule has 0 unspecified atom stereocenters. The van der Waals surface area contributed by atoms with Gasteiger partial charge in [-0.05, 0) is 75.7 Å². The maximum atomic E-state index is 8.24. The summed E-state index contributed by atoms with van der Waals surface area (Å²) in [7, 11) is 0. The number of hydrogen-bond acceptors (Lipinski definition) is 4. The number of nitriles is 1. The minimum Gasteiger partial charge on any atom is -0.812 e. The Kier molecular flexibility index (Phi) is 10.8. The fourth-order valence-electron chi connectivity index (χ4n) is 4.70. The summed E-state index contributed by atoms with van der Waals surface area (Å²) in [6.45, 7) is 17.4. The maximum absolute atomic E-state index is 8.24. The zero-order valence-corrected chi connectivity index (χ0v) is 22.1. The van der Waals surface area contributed by atoms with Crippen LogP contribution in [0.3, 0.4) is 0 Å². The largest absolute Gasteiger partial charge is 2.00 e. The van der Waals surface area contributed by atoms with Crippen LogP contribution in [-0.2, 0) is 29.6 Å². The first-order valence-corrected chi connectivity index (χ1v) is 11.4. The molecule has 1 aromatic rings. The monoisotopic (exact) mass is 489 g/mol. The molecule has 0 N–H and O–H groups in total. The Hall–Kier alpha value is -2.62. The van der Waals surface area contributed by atoms with E-state index in [9.17, 15) is 0 Å². The third-order valence-electron chi connectivity index (χ3n) is 6.31. The van der Waals surface area contributed by atoms with Crippen molar-refractivity contribution in [3.05, 3.63) is 56.2 Å². The van der Waals surface area contributed by atoms with E-state index in [1.807, 2.05) is 0 Å². The van der Waals surface area contributed by atoms with Crippen molar-refractivity contribution in [1.29, 1.82) is 5.26 Å². The first-order valence-electron chi connectivity index (χ1n) is 11.4. The Labute approximate surface area is 209 Å². The molecule has 5 nitrogen and oxygen atoms in total. The Morgan fingerprint density at radius 1 is 0.758 bits per heavy atom. The van der Waals surface area contributed by atoms with Crippen LogP contribution in [0.1, 0.15) is 90.7 Å². The van der Waals surface area contributed by atoms with Gasteiger partial charge in [-0.3, -0.25) is 9.98 Å². The van der Waals surface area contributed by atoms with Crippen molar-refractivity contribution < 1.29 is 21.9 Å². The van der Waals surface area contributed by atoms with Crippen molar-refractivity contribution in [2.45, 2.75) is 81.1 Å². The Balaban J connectivity index is 0.00000129. The van der Waals surface area contributed by atoms with E-state index in [0.717, 1.165) is 59.9 Å². The summed E-state index contributed by atoms with van der Waals surface area (Å²) >= 11 is 0. The van der Waals surface area contributed by atoms with Gasteiger partial charge < -0.3 is 10.1 Å². The molecule has 3 heterocycles. The molecule has 177 valence electrons. The van der Waals surface area contributed by atoms with Gasteiger partial charge in [-0.25, -0.2) is 5.26 Å². The summed E-state index contributed by atoms with van der Waals surface area (Å²) in [6.07, 6.45) is 8.86. The van der Waals surface area contributed by atoms with Crippen LogP contribution in [0.5, 0.6) is 0 Å². The van der Waals surface area contributed by atoms with Gasteiger partial charge in [0.15, 0.2) is 0 Å². The molecule has 0 spiro atoms. The van der Waals surface area contributed by atoms with Crippen molar-refractivity contribution in [2.24, 2.45) is 9.98 Å². The third-order valence-corrected chi connectivity index (χ3v) is 6.31. The van der Waals surface area contributed by atoms with E-state index in [0.29, 0.717) is 6.26 Å². The Morgan fingerprint density at radius 2 is 1.09 bits per heavy atom. The third kappa shape index (κ3) is 5.84. The molecule has 3 rings (SSSR count). The number of nitrogens with zero attached hydrogens (tertiary/aromatic N) is 4. The molecule has 0 saturated carbocycles. The van der Waals surface area contributed by atoms with Gasteiger partial charge in [-0.15, -0.1) is 11.4 Å². The van der Waals surface area contributed by atoms with Crippen LogP contribution in [-0.4, -0.2) is 11.4 Å². The van der Waals surface area contributed by atoms with Crippen molar-refractivity contribution >= 4 is 23.6 Å². The molecule has 0 aliphatic carbocycles. The molecule has 0 atom stereocenters. The van der Waals surface area contributed by atoms with Gasteiger partial charge in [0.2, 0.25) is 0 Å². The average Bonchev–Trinajstić information content (AvgIpc) is 3.33. The minimum absolute atomic E-state index is 0. The molecule has 0 bridgehead atoms. The molecule has 33 heavy (non-hydrogen) atoms. The molecule has 0 fully saturated rings. The van der Waals surface area contributed by atoms with E-state index < -0.39 is 0 Å². The standard InChI is InChI=1S/C26H34N3.CHNO.Co/c1-9-19-15(5)23(27-17(19)7)13-25-21(11-3)22(12-4)26(29-25)14-24-16(6)20(10-2)18(8)28-24;2-1-3;/h13-14H,9-12H2,1-8H3;3H;/q-1;;+2/p-1/b23-13-,24-14-;;. The molecule has 6 heteroatoms. The summed E-state index contributed by atoms with van der Waals surface area (Å²) in [6, 6.07) is 0. The summed E-state index contributed by atoms with van der Waals surface area (Å²) in [4.78, 5) is 14.7. The number of rotatable bonds is 6. The second kappa shape index (κ2) is 12.6. The van der Waals surface area contributed by atoms with Crippen LogP contribution in [0.2, 0.25) is 0 Å². The number of allylic oxidation sites excluding steroid dienone is 4. The van der Waals surface area contributed by atoms with Crippen molar-refractivity contribution in [2.75, 3.05) is 0 Å². The molecule has 0 amide bonds. The second-order valence-electron chi connectivity index (χ2n) is 8.01. The molecule has 2 aliphatic heterocycles. The SMILES string of the molecule is CCC1=C(C)/C(=C/c2[n-]c(/C=C3\N=C(C)C(CC)=C3C)c(CC)c2CC)N=C1C.N#C[O-].[Co+2]. The van der Waals surface area contributed by atoms with Crippen LogP contribution in [0, 0.1) is 11.5 Å². The fourth-order valence-corrected chi connectivity index (χ4v) is 4.70. The predicted octanol–water partition coefficient (Wildman–Crippen LogP) is 5.68. The van der Waals surface area contributed by atoms with Gasteiger partial charge in [0.05, 0.1) is 11.4 Å². The molecule has 0 saturated heterocycles. The van der Waals surface area contributed by atoms with E-state index >= 15 is 0 Å². The van der Waals surface area contributed by atoms with Crippen molar-refractivity contribution in [1.82, 2.24) is 4.98 Å². The second-order valence-corrected chi connectivity index (χ2v) is 8.01. The quantitative estimate of drug-likeness (QED) is 0.482. The van der Waals surface area contributed by atoms with Gasteiger partial charge in [0.1, 0.15) is 0 Å². The molecule has 1 radical (unpaired) electrons. The Bertz CT molecular complexity index is 1040. The fraction of sp³-hybridized carbons (Fsp3) is 0.444. The normalized spacial score (nSPS) is 17.7. The average molecular weight is 490 g/mol. The van der Waals surface area contributed by atoms with Crippen LogP contribution in [0.4, 0.5) is 0 Å². The smallest absolute Gasteiger partial charge is 0.812 e. The topological polar surface area (TPSA) is 85.7 Å². The van der Waals surface area contributed by atoms with Crippen molar-refractivity contribution in [3.8, 4) is 6.26 Å². The summed E-state index contributed by atoms with van der Waals surface area (Å²) in [5, 5.41) is 15.0. The first-order chi connectivity index (χ1) is 15.3. The number of hydrogen-bond donors (Lipinski definition) is 0. The molecular formula is C27H34CoN4O. The summed E-state index contributed by atoms with van der Waals surface area (Å²) in [5.74, 6) is 0. The van der Waals surface area contributed by atoms with Crippen molar-refractivity contribution in [3.63, 3.8) is 0 Å². The van der Waals surface area contributed by atoms with Gasteiger partial charge in [-0.1, -0.05) is 51.0 Å². The van der Waals surface area contributed by atoms with E-state index in [-0.39, 0.29) is 16.8 Å². The van der Waals surface area contributed by atoms with Gasteiger partial charge in [-0.2, -0.15) is 0 Å². The van der Waals surface area contributed by atoms with Crippen LogP contribution >= 0.6 is 0 Å². The molecule has 1 aromatic heterocycles. The predicted molar refractivity (Wildman–Crippen MR) is 132 cm³/mol. The summed E-state index contributed by atoms with van der Waals surface area (Å²) < 4.78 is 0. The number of aromatic nitrogens is 1. The van der Waals surface area contributed by atoms with Crippen LogP contribution < -0.4 is 10.1 Å². The van der Waals surface area contributed by atoms with E-state index in [4.69, 9.17) is 25.3 Å². The van der Waals surface area contributed by atoms with E-state index in [1.54, 1.807) is 0 Å². The number of aliphatic imine (C=N–C) groups is 2. The zero-order valence-electron chi connectivity index (χ0n) is 21.0. The minimum atomic E-state index is 0. The van der Waals surface area contributed by atoms with E-state index in [1.165, 1.54) is 33.4 Å². The maximum Gasteiger partial charge on any atom is 2.00 e. The van der Waals surface area contributed by atoms with E-state index in [2.05, 4.69) is 67.5 Å².